The number of amides is 1. The predicted octanol–water partition coefficient (Wildman–Crippen LogP) is 5.23. The van der Waals surface area contributed by atoms with Crippen molar-refractivity contribution >= 4 is 22.6 Å². The minimum absolute atomic E-state index is 0.255. The normalized spacial score (nSPS) is 11.0. The Bertz CT molecular complexity index is 1150. The molecule has 0 atom stereocenters. The molecule has 0 aliphatic heterocycles. The van der Waals surface area contributed by atoms with Gasteiger partial charge in [-0.1, -0.05) is 24.3 Å². The zero-order valence-electron chi connectivity index (χ0n) is 16.2. The van der Waals surface area contributed by atoms with Crippen LogP contribution in [0.25, 0.3) is 11.0 Å². The van der Waals surface area contributed by atoms with Gasteiger partial charge >= 0.3 is 0 Å². The monoisotopic (exact) mass is 387 g/mol. The first kappa shape index (κ1) is 18.9. The summed E-state index contributed by atoms with van der Waals surface area (Å²) in [6.07, 6.45) is 1.64. The molecule has 4 rings (SSSR count). The number of carbonyl (C=O) groups is 1. The molecule has 0 unspecified atom stereocenters. The van der Waals surface area contributed by atoms with E-state index >= 15 is 0 Å². The van der Waals surface area contributed by atoms with Crippen molar-refractivity contribution in [2.45, 2.75) is 26.3 Å². The van der Waals surface area contributed by atoms with Gasteiger partial charge in [-0.3, -0.25) is 4.79 Å². The lowest BCUT2D eigenvalue weighted by Gasteiger charge is -2.09. The summed E-state index contributed by atoms with van der Waals surface area (Å²) in [6.45, 7) is 3.01. The molecule has 29 heavy (non-hydrogen) atoms. The van der Waals surface area contributed by atoms with E-state index in [1.807, 2.05) is 42.5 Å². The van der Waals surface area contributed by atoms with Gasteiger partial charge in [-0.15, -0.1) is 0 Å². The number of hydrogen-bond acceptors (Lipinski definition) is 2. The molecule has 5 heteroatoms. The van der Waals surface area contributed by atoms with E-state index in [1.54, 1.807) is 0 Å². The highest BCUT2D eigenvalue weighted by Gasteiger charge is 2.10. The van der Waals surface area contributed by atoms with Crippen LogP contribution in [0.5, 0.6) is 0 Å². The lowest BCUT2D eigenvalue weighted by Crippen LogP contribution is -2.12. The van der Waals surface area contributed by atoms with Crippen LogP contribution in [0.2, 0.25) is 0 Å². The summed E-state index contributed by atoms with van der Waals surface area (Å²) in [4.78, 5) is 17.1. The number of imidazole rings is 1. The minimum atomic E-state index is -0.360. The molecule has 0 saturated carbocycles. The average Bonchev–Trinajstić information content (AvgIpc) is 3.10. The van der Waals surface area contributed by atoms with E-state index in [-0.39, 0.29) is 11.7 Å². The SMILES string of the molecule is CCn1c(CCc2cccc(NC(=O)c3ccc(F)cc3)c2)nc2ccccc21. The van der Waals surface area contributed by atoms with Gasteiger partial charge in [0.2, 0.25) is 0 Å². The highest BCUT2D eigenvalue weighted by molar-refractivity contribution is 6.04. The number of aromatic nitrogens is 2. The van der Waals surface area contributed by atoms with Crippen molar-refractivity contribution in [3.8, 4) is 0 Å². The Labute approximate surface area is 169 Å². The van der Waals surface area contributed by atoms with Gasteiger partial charge in [0.15, 0.2) is 0 Å². The smallest absolute Gasteiger partial charge is 0.255 e. The first-order valence-corrected chi connectivity index (χ1v) is 9.74. The molecule has 0 saturated heterocycles. The Hall–Kier alpha value is -3.47. The maximum atomic E-state index is 13.0. The summed E-state index contributed by atoms with van der Waals surface area (Å²) < 4.78 is 15.3. The third kappa shape index (κ3) is 4.19. The number of hydrogen-bond donors (Lipinski definition) is 1. The Morgan fingerprint density at radius 2 is 1.79 bits per heavy atom. The predicted molar refractivity (Wildman–Crippen MR) is 114 cm³/mol. The third-order valence-electron chi connectivity index (χ3n) is 4.98. The molecule has 0 fully saturated rings. The second-order valence-electron chi connectivity index (χ2n) is 6.92. The highest BCUT2D eigenvalue weighted by atomic mass is 19.1. The van der Waals surface area contributed by atoms with Gasteiger partial charge in [-0.25, -0.2) is 9.37 Å². The van der Waals surface area contributed by atoms with Gasteiger partial charge < -0.3 is 9.88 Å². The van der Waals surface area contributed by atoms with Crippen LogP contribution in [0.15, 0.2) is 72.8 Å². The summed E-state index contributed by atoms with van der Waals surface area (Å²) >= 11 is 0. The molecular weight excluding hydrogens is 365 g/mol. The molecule has 0 bridgehead atoms. The lowest BCUT2D eigenvalue weighted by atomic mass is 10.1. The van der Waals surface area contributed by atoms with Crippen LogP contribution in [0, 0.1) is 5.82 Å². The summed E-state index contributed by atoms with van der Waals surface area (Å²) in [5.74, 6) is 0.450. The van der Waals surface area contributed by atoms with Gasteiger partial charge in [0.1, 0.15) is 11.6 Å². The summed E-state index contributed by atoms with van der Waals surface area (Å²) in [5, 5.41) is 2.88. The minimum Gasteiger partial charge on any atom is -0.328 e. The van der Waals surface area contributed by atoms with Crippen molar-refractivity contribution in [1.82, 2.24) is 9.55 Å². The van der Waals surface area contributed by atoms with E-state index in [9.17, 15) is 9.18 Å². The number of para-hydroxylation sites is 2. The molecule has 146 valence electrons. The molecule has 4 aromatic rings. The highest BCUT2D eigenvalue weighted by Crippen LogP contribution is 2.19. The summed E-state index contributed by atoms with van der Waals surface area (Å²) in [6, 6.07) is 21.5. The molecule has 0 aliphatic carbocycles. The van der Waals surface area contributed by atoms with Crippen LogP contribution >= 0.6 is 0 Å². The molecule has 3 aromatic carbocycles. The first-order valence-electron chi connectivity index (χ1n) is 9.74. The number of rotatable bonds is 6. The van der Waals surface area contributed by atoms with Crippen molar-refractivity contribution in [2.75, 3.05) is 5.32 Å². The maximum Gasteiger partial charge on any atom is 0.255 e. The number of nitrogens with one attached hydrogen (secondary N) is 1. The van der Waals surface area contributed by atoms with Crippen molar-refractivity contribution in [2.24, 2.45) is 0 Å². The maximum absolute atomic E-state index is 13.0. The Morgan fingerprint density at radius 1 is 1.00 bits per heavy atom. The van der Waals surface area contributed by atoms with E-state index < -0.39 is 0 Å². The fraction of sp³-hybridized carbons (Fsp3) is 0.167. The topological polar surface area (TPSA) is 46.9 Å². The number of aryl methyl sites for hydroxylation is 3. The number of benzene rings is 3. The lowest BCUT2D eigenvalue weighted by molar-refractivity contribution is 0.102. The van der Waals surface area contributed by atoms with Crippen molar-refractivity contribution in [3.63, 3.8) is 0 Å². The van der Waals surface area contributed by atoms with E-state index in [4.69, 9.17) is 4.98 Å². The van der Waals surface area contributed by atoms with E-state index in [2.05, 4.69) is 22.9 Å². The van der Waals surface area contributed by atoms with Crippen LogP contribution < -0.4 is 5.32 Å². The Morgan fingerprint density at radius 3 is 2.59 bits per heavy atom. The molecule has 0 spiro atoms. The number of halogens is 1. The Kier molecular flexibility index (Phi) is 5.38. The van der Waals surface area contributed by atoms with Gasteiger partial charge in [0.05, 0.1) is 11.0 Å². The van der Waals surface area contributed by atoms with Crippen LogP contribution in [-0.4, -0.2) is 15.5 Å². The molecule has 1 amide bonds. The first-order chi connectivity index (χ1) is 14.1. The molecule has 1 heterocycles. The van der Waals surface area contributed by atoms with E-state index in [0.717, 1.165) is 47.5 Å². The number of fused-ring (bicyclic) bond motifs is 1. The summed E-state index contributed by atoms with van der Waals surface area (Å²) in [7, 11) is 0. The number of nitrogens with zero attached hydrogens (tertiary/aromatic N) is 2. The zero-order valence-corrected chi connectivity index (χ0v) is 16.2. The Balaban J connectivity index is 1.47. The second-order valence-corrected chi connectivity index (χ2v) is 6.92. The van der Waals surface area contributed by atoms with Gasteiger partial charge in [-0.05, 0) is 67.4 Å². The molecule has 1 N–H and O–H groups in total. The van der Waals surface area contributed by atoms with Crippen molar-refractivity contribution < 1.29 is 9.18 Å². The van der Waals surface area contributed by atoms with Crippen molar-refractivity contribution in [1.29, 1.82) is 0 Å². The van der Waals surface area contributed by atoms with Crippen molar-refractivity contribution in [3.05, 3.63) is 95.6 Å². The fourth-order valence-electron chi connectivity index (χ4n) is 3.53. The molecular formula is C24H22FN3O. The third-order valence-corrected chi connectivity index (χ3v) is 4.98. The van der Waals surface area contributed by atoms with Crippen LogP contribution in [0.3, 0.4) is 0 Å². The molecule has 0 radical (unpaired) electrons. The second kappa shape index (κ2) is 8.27. The molecule has 4 nitrogen and oxygen atoms in total. The zero-order chi connectivity index (χ0) is 20.2. The fourth-order valence-corrected chi connectivity index (χ4v) is 3.53. The van der Waals surface area contributed by atoms with Gasteiger partial charge in [-0.2, -0.15) is 0 Å². The van der Waals surface area contributed by atoms with E-state index in [0.29, 0.717) is 5.56 Å². The average molecular weight is 387 g/mol. The van der Waals surface area contributed by atoms with Gasteiger partial charge in [0, 0.05) is 24.2 Å². The quantitative estimate of drug-likeness (QED) is 0.492. The van der Waals surface area contributed by atoms with E-state index in [1.165, 1.54) is 24.3 Å². The standard InChI is InChI=1S/C24H22FN3O/c1-2-28-22-9-4-3-8-21(22)27-23(28)15-10-17-6-5-7-20(16-17)26-24(29)18-11-13-19(25)14-12-18/h3-9,11-14,16H,2,10,15H2,1H3,(H,26,29). The van der Waals surface area contributed by atoms with Gasteiger partial charge in [0.25, 0.3) is 5.91 Å². The van der Waals surface area contributed by atoms with Crippen LogP contribution in [0.1, 0.15) is 28.7 Å². The van der Waals surface area contributed by atoms with Crippen LogP contribution in [0.4, 0.5) is 10.1 Å². The molecule has 1 aromatic heterocycles. The number of carbonyl (C=O) groups excluding carboxylic acids is 1. The van der Waals surface area contributed by atoms with Crippen LogP contribution in [-0.2, 0) is 19.4 Å². The largest absolute Gasteiger partial charge is 0.328 e. The summed E-state index contributed by atoms with van der Waals surface area (Å²) in [5.41, 5.74) is 4.45. The number of anilines is 1. The molecule has 0 aliphatic rings.